The van der Waals surface area contributed by atoms with Crippen molar-refractivity contribution in [2.45, 2.75) is 18.7 Å². The van der Waals surface area contributed by atoms with Gasteiger partial charge in [0.1, 0.15) is 11.3 Å². The molecule has 1 aromatic heterocycles. The maximum Gasteiger partial charge on any atom is 0.260 e. The molecular weight excluding hydrogens is 402 g/mol. The number of benzene rings is 2. The predicted molar refractivity (Wildman–Crippen MR) is 124 cm³/mol. The normalized spacial score (nSPS) is 11.2. The lowest BCUT2D eigenvalue weighted by molar-refractivity contribution is 0.0985. The van der Waals surface area contributed by atoms with Gasteiger partial charge < -0.3 is 9.64 Å². The van der Waals surface area contributed by atoms with Crippen molar-refractivity contribution in [3.63, 3.8) is 0 Å². The van der Waals surface area contributed by atoms with E-state index in [-0.39, 0.29) is 5.91 Å². The number of fused-ring (bicyclic) bond motifs is 1. The number of hydrogen-bond acceptors (Lipinski definition) is 6. The summed E-state index contributed by atoms with van der Waals surface area (Å²) in [5, 5.41) is 0.702. The highest BCUT2D eigenvalue weighted by atomic mass is 32.2. The van der Waals surface area contributed by atoms with Crippen LogP contribution < -0.4 is 9.64 Å². The zero-order chi connectivity index (χ0) is 21.0. The molecule has 7 heteroatoms. The zero-order valence-electron chi connectivity index (χ0n) is 17.6. The fourth-order valence-electron chi connectivity index (χ4n) is 3.00. The summed E-state index contributed by atoms with van der Waals surface area (Å²) < 4.78 is 6.54. The average molecular weight is 430 g/mol. The Labute approximate surface area is 180 Å². The standard InChI is InChI=1S/C22H27N3O2S2/c1-6-28-17-9-7-8-16(14-17)21(26)25(13-12-24(3)4)22-23-19-18(27-5)11-10-15(2)20(19)29-22/h7-11,14H,6,12-13H2,1-5H3. The van der Waals surface area contributed by atoms with Crippen LogP contribution in [0.2, 0.25) is 0 Å². The Morgan fingerprint density at radius 1 is 1.21 bits per heavy atom. The summed E-state index contributed by atoms with van der Waals surface area (Å²) in [6, 6.07) is 11.8. The summed E-state index contributed by atoms with van der Waals surface area (Å²) in [5.41, 5.74) is 2.63. The molecule has 0 N–H and O–H groups in total. The first-order chi connectivity index (χ1) is 13.9. The van der Waals surface area contributed by atoms with Crippen LogP contribution in [-0.4, -0.2) is 55.8 Å². The van der Waals surface area contributed by atoms with Crippen molar-refractivity contribution in [3.05, 3.63) is 47.5 Å². The van der Waals surface area contributed by atoms with Crippen LogP contribution in [0.25, 0.3) is 10.2 Å². The Kier molecular flexibility index (Phi) is 7.16. The molecule has 0 unspecified atom stereocenters. The van der Waals surface area contributed by atoms with E-state index < -0.39 is 0 Å². The van der Waals surface area contributed by atoms with Crippen molar-refractivity contribution in [1.29, 1.82) is 0 Å². The van der Waals surface area contributed by atoms with Crippen LogP contribution in [0.4, 0.5) is 5.13 Å². The molecule has 3 aromatic rings. The highest BCUT2D eigenvalue weighted by Crippen LogP contribution is 2.37. The number of rotatable bonds is 8. The Hall–Kier alpha value is -2.09. The van der Waals surface area contributed by atoms with Crippen molar-refractivity contribution in [2.24, 2.45) is 0 Å². The lowest BCUT2D eigenvalue weighted by atomic mass is 10.2. The molecule has 154 valence electrons. The second kappa shape index (κ2) is 9.61. The van der Waals surface area contributed by atoms with Gasteiger partial charge in [-0.15, -0.1) is 11.8 Å². The van der Waals surface area contributed by atoms with E-state index in [4.69, 9.17) is 9.72 Å². The van der Waals surface area contributed by atoms with Gasteiger partial charge in [0.15, 0.2) is 5.13 Å². The number of ether oxygens (including phenoxy) is 1. The van der Waals surface area contributed by atoms with Crippen LogP contribution in [0.1, 0.15) is 22.8 Å². The van der Waals surface area contributed by atoms with Crippen molar-refractivity contribution < 1.29 is 9.53 Å². The third kappa shape index (κ3) is 4.91. The summed E-state index contributed by atoms with van der Waals surface area (Å²) in [4.78, 5) is 23.2. The summed E-state index contributed by atoms with van der Waals surface area (Å²) in [5.74, 6) is 1.68. The maximum atomic E-state index is 13.5. The van der Waals surface area contributed by atoms with E-state index in [1.165, 1.54) is 0 Å². The van der Waals surface area contributed by atoms with E-state index in [1.807, 2.05) is 50.5 Å². The van der Waals surface area contributed by atoms with E-state index >= 15 is 0 Å². The van der Waals surface area contributed by atoms with Crippen LogP contribution in [0, 0.1) is 6.92 Å². The second-order valence-corrected chi connectivity index (χ2v) is 9.29. The number of aromatic nitrogens is 1. The van der Waals surface area contributed by atoms with Crippen molar-refractivity contribution in [1.82, 2.24) is 9.88 Å². The molecule has 0 saturated heterocycles. The van der Waals surface area contributed by atoms with E-state index in [0.29, 0.717) is 17.2 Å². The molecule has 0 fully saturated rings. The first-order valence-electron chi connectivity index (χ1n) is 9.58. The third-order valence-corrected chi connectivity index (χ3v) is 6.64. The lowest BCUT2D eigenvalue weighted by Gasteiger charge is -2.22. The number of carbonyl (C=O) groups is 1. The molecule has 0 bridgehead atoms. The minimum absolute atomic E-state index is 0.0268. The lowest BCUT2D eigenvalue weighted by Crippen LogP contribution is -2.36. The number of aryl methyl sites for hydroxylation is 1. The molecular formula is C22H27N3O2S2. The molecule has 0 aliphatic carbocycles. The summed E-state index contributed by atoms with van der Waals surface area (Å²) in [6.07, 6.45) is 0. The van der Waals surface area contributed by atoms with Crippen molar-refractivity contribution in [2.75, 3.05) is 44.9 Å². The fourth-order valence-corrected chi connectivity index (χ4v) is 4.80. The van der Waals surface area contributed by atoms with Gasteiger partial charge in [0.25, 0.3) is 5.91 Å². The van der Waals surface area contributed by atoms with Crippen LogP contribution in [0.5, 0.6) is 5.75 Å². The summed E-state index contributed by atoms with van der Waals surface area (Å²) in [6.45, 7) is 5.49. The third-order valence-electron chi connectivity index (χ3n) is 4.55. The maximum absolute atomic E-state index is 13.5. The number of amides is 1. The van der Waals surface area contributed by atoms with Crippen LogP contribution >= 0.6 is 23.1 Å². The van der Waals surface area contributed by atoms with Gasteiger partial charge in [-0.3, -0.25) is 9.69 Å². The van der Waals surface area contributed by atoms with Gasteiger partial charge >= 0.3 is 0 Å². The quantitative estimate of drug-likeness (QED) is 0.475. The van der Waals surface area contributed by atoms with E-state index in [2.05, 4.69) is 18.7 Å². The number of carbonyl (C=O) groups excluding carboxylic acids is 1. The molecule has 1 amide bonds. The molecule has 1 heterocycles. The Balaban J connectivity index is 2.03. The minimum atomic E-state index is -0.0268. The Morgan fingerprint density at radius 3 is 2.69 bits per heavy atom. The molecule has 5 nitrogen and oxygen atoms in total. The van der Waals surface area contributed by atoms with Gasteiger partial charge in [-0.25, -0.2) is 4.98 Å². The summed E-state index contributed by atoms with van der Waals surface area (Å²) >= 11 is 3.28. The number of hydrogen-bond donors (Lipinski definition) is 0. The minimum Gasteiger partial charge on any atom is -0.494 e. The molecule has 0 aliphatic heterocycles. The molecule has 0 saturated carbocycles. The van der Waals surface area contributed by atoms with Crippen LogP contribution in [-0.2, 0) is 0 Å². The van der Waals surface area contributed by atoms with Crippen LogP contribution in [0.15, 0.2) is 41.3 Å². The van der Waals surface area contributed by atoms with Gasteiger partial charge in [-0.1, -0.05) is 30.4 Å². The number of anilines is 1. The largest absolute Gasteiger partial charge is 0.494 e. The zero-order valence-corrected chi connectivity index (χ0v) is 19.2. The van der Waals surface area contributed by atoms with Crippen LogP contribution in [0.3, 0.4) is 0 Å². The first-order valence-corrected chi connectivity index (χ1v) is 11.4. The van der Waals surface area contributed by atoms with E-state index in [1.54, 1.807) is 35.1 Å². The number of nitrogens with zero attached hydrogens (tertiary/aromatic N) is 3. The SMILES string of the molecule is CCSc1cccc(C(=O)N(CCN(C)C)c2nc3c(OC)ccc(C)c3s2)c1. The second-order valence-electron chi connectivity index (χ2n) is 6.98. The first kappa shape index (κ1) is 21.6. The molecule has 3 rings (SSSR count). The number of likely N-dealkylation sites (N-methyl/N-ethyl adjacent to an activating group) is 1. The number of methoxy groups -OCH3 is 1. The Bertz CT molecular complexity index is 1000. The fraction of sp³-hybridized carbons (Fsp3) is 0.364. The molecule has 29 heavy (non-hydrogen) atoms. The van der Waals surface area contributed by atoms with Gasteiger partial charge in [-0.05, 0) is 56.6 Å². The van der Waals surface area contributed by atoms with Gasteiger partial charge in [0, 0.05) is 23.5 Å². The highest BCUT2D eigenvalue weighted by molar-refractivity contribution is 7.99. The van der Waals surface area contributed by atoms with E-state index in [9.17, 15) is 4.79 Å². The van der Waals surface area contributed by atoms with Gasteiger partial charge in [0.05, 0.1) is 11.8 Å². The van der Waals surface area contributed by atoms with Gasteiger partial charge in [0.2, 0.25) is 0 Å². The highest BCUT2D eigenvalue weighted by Gasteiger charge is 2.23. The molecule has 2 aromatic carbocycles. The van der Waals surface area contributed by atoms with Crippen molar-refractivity contribution in [3.8, 4) is 5.75 Å². The molecule has 0 radical (unpaired) electrons. The topological polar surface area (TPSA) is 45.7 Å². The van der Waals surface area contributed by atoms with Crippen molar-refractivity contribution >= 4 is 44.4 Å². The van der Waals surface area contributed by atoms with E-state index in [0.717, 1.165) is 38.7 Å². The molecule has 0 spiro atoms. The predicted octanol–water partition coefficient (Wildman–Crippen LogP) is 4.93. The number of thioether (sulfide) groups is 1. The number of thiazole rings is 1. The monoisotopic (exact) mass is 429 g/mol. The van der Waals surface area contributed by atoms with Gasteiger partial charge in [-0.2, -0.15) is 0 Å². The molecule has 0 aliphatic rings. The Morgan fingerprint density at radius 2 is 2.00 bits per heavy atom. The summed E-state index contributed by atoms with van der Waals surface area (Å²) in [7, 11) is 5.66. The molecule has 0 atom stereocenters. The average Bonchev–Trinajstić information content (AvgIpc) is 3.14. The smallest absolute Gasteiger partial charge is 0.260 e.